The Morgan fingerprint density at radius 2 is 2.22 bits per heavy atom. The maximum absolute atomic E-state index is 13.9. The van der Waals surface area contributed by atoms with E-state index in [2.05, 4.69) is 20.5 Å². The maximum Gasteiger partial charge on any atom is 0.167 e. The molecule has 0 fully saturated rings. The number of aliphatic hydroxyl groups excluding tert-OH is 1. The Morgan fingerprint density at radius 3 is 2.96 bits per heavy atom. The summed E-state index contributed by atoms with van der Waals surface area (Å²) in [6.07, 6.45) is 1.53. The van der Waals surface area contributed by atoms with Crippen molar-refractivity contribution in [2.45, 2.75) is 13.0 Å². The van der Waals surface area contributed by atoms with Gasteiger partial charge in [0.05, 0.1) is 6.61 Å². The number of hydrogen-bond donors (Lipinski definition) is 4. The van der Waals surface area contributed by atoms with Gasteiger partial charge in [0.2, 0.25) is 0 Å². The third-order valence-electron chi connectivity index (χ3n) is 3.26. The Labute approximate surface area is 131 Å². The molecule has 7 nitrogen and oxygen atoms in total. The smallest absolute Gasteiger partial charge is 0.167 e. The first-order valence-corrected chi connectivity index (χ1v) is 7.02. The molecule has 1 atom stereocenters. The number of ether oxygens (including phenoxy) is 1. The summed E-state index contributed by atoms with van der Waals surface area (Å²) in [5, 5.41) is 19.7. The van der Waals surface area contributed by atoms with Crippen molar-refractivity contribution in [3.05, 3.63) is 36.3 Å². The van der Waals surface area contributed by atoms with Gasteiger partial charge in [0.15, 0.2) is 23.0 Å². The van der Waals surface area contributed by atoms with E-state index in [1.165, 1.54) is 18.3 Å². The molecule has 2 heterocycles. The summed E-state index contributed by atoms with van der Waals surface area (Å²) in [7, 11) is 0. The molecule has 0 aliphatic heterocycles. The van der Waals surface area contributed by atoms with Crippen molar-refractivity contribution in [2.24, 2.45) is 0 Å². The number of nitrogens with two attached hydrogens (primary N) is 1. The topological polar surface area (TPSA) is 109 Å². The molecule has 120 valence electrons. The normalized spacial score (nSPS) is 12.3. The fourth-order valence-corrected chi connectivity index (χ4v) is 2.11. The van der Waals surface area contributed by atoms with Crippen LogP contribution in [0.2, 0.25) is 0 Å². The van der Waals surface area contributed by atoms with Crippen LogP contribution in [0.25, 0.3) is 11.0 Å². The third-order valence-corrected chi connectivity index (χ3v) is 3.26. The van der Waals surface area contributed by atoms with Crippen LogP contribution in [-0.4, -0.2) is 32.9 Å². The van der Waals surface area contributed by atoms with E-state index in [1.807, 2.05) is 0 Å². The van der Waals surface area contributed by atoms with Crippen LogP contribution in [0.1, 0.15) is 6.92 Å². The van der Waals surface area contributed by atoms with Crippen LogP contribution in [0.5, 0.6) is 11.5 Å². The number of anilines is 2. The lowest BCUT2D eigenvalue weighted by Gasteiger charge is -2.12. The number of nitrogens with one attached hydrogen (secondary N) is 2. The van der Waals surface area contributed by atoms with E-state index in [-0.39, 0.29) is 18.4 Å². The number of hydrogen-bond acceptors (Lipinski definition) is 6. The summed E-state index contributed by atoms with van der Waals surface area (Å²) >= 11 is 0. The van der Waals surface area contributed by atoms with Gasteiger partial charge in [0.25, 0.3) is 0 Å². The van der Waals surface area contributed by atoms with Gasteiger partial charge in [-0.2, -0.15) is 5.10 Å². The van der Waals surface area contributed by atoms with Crippen LogP contribution >= 0.6 is 0 Å². The molecule has 2 aromatic heterocycles. The average Bonchev–Trinajstić information content (AvgIpc) is 2.94. The van der Waals surface area contributed by atoms with Crippen molar-refractivity contribution in [3.63, 3.8) is 0 Å². The van der Waals surface area contributed by atoms with Gasteiger partial charge in [-0.1, -0.05) is 0 Å². The quantitative estimate of drug-likeness (QED) is 0.537. The highest BCUT2D eigenvalue weighted by Crippen LogP contribution is 2.34. The maximum atomic E-state index is 13.9. The van der Waals surface area contributed by atoms with Gasteiger partial charge in [0.1, 0.15) is 11.1 Å². The summed E-state index contributed by atoms with van der Waals surface area (Å²) in [5.41, 5.74) is 6.34. The van der Waals surface area contributed by atoms with E-state index in [9.17, 15) is 4.39 Å². The average molecular weight is 317 g/mol. The summed E-state index contributed by atoms with van der Waals surface area (Å²) in [6.45, 7) is 1.74. The van der Waals surface area contributed by atoms with Crippen molar-refractivity contribution in [1.82, 2.24) is 15.2 Å². The molecule has 0 aliphatic carbocycles. The van der Waals surface area contributed by atoms with Gasteiger partial charge in [-0.15, -0.1) is 0 Å². The van der Waals surface area contributed by atoms with E-state index >= 15 is 0 Å². The Morgan fingerprint density at radius 1 is 1.39 bits per heavy atom. The zero-order chi connectivity index (χ0) is 16.4. The zero-order valence-corrected chi connectivity index (χ0v) is 12.4. The van der Waals surface area contributed by atoms with Crippen LogP contribution in [0, 0.1) is 5.82 Å². The predicted molar refractivity (Wildman–Crippen MR) is 84.9 cm³/mol. The molecule has 0 bridgehead atoms. The first-order valence-electron chi connectivity index (χ1n) is 7.02. The number of nitrogens with zero attached hydrogens (tertiary/aromatic N) is 2. The van der Waals surface area contributed by atoms with E-state index in [0.717, 1.165) is 0 Å². The van der Waals surface area contributed by atoms with Crippen molar-refractivity contribution in [3.8, 4) is 11.5 Å². The van der Waals surface area contributed by atoms with E-state index in [0.29, 0.717) is 28.3 Å². The SMILES string of the molecule is C[C@H](CO)Nc1n[nH]c2nccc(Oc3ccc(N)cc3F)c12. The summed E-state index contributed by atoms with van der Waals surface area (Å²) in [6, 6.07) is 5.61. The van der Waals surface area contributed by atoms with Crippen molar-refractivity contribution in [1.29, 1.82) is 0 Å². The van der Waals surface area contributed by atoms with Crippen LogP contribution in [0.4, 0.5) is 15.9 Å². The molecule has 23 heavy (non-hydrogen) atoms. The molecular formula is C15H16FN5O2. The highest BCUT2D eigenvalue weighted by atomic mass is 19.1. The molecule has 0 unspecified atom stereocenters. The zero-order valence-electron chi connectivity index (χ0n) is 12.4. The second-order valence-corrected chi connectivity index (χ2v) is 5.12. The lowest BCUT2D eigenvalue weighted by molar-refractivity contribution is 0.281. The van der Waals surface area contributed by atoms with E-state index < -0.39 is 5.82 Å². The van der Waals surface area contributed by atoms with Crippen molar-refractivity contribution in [2.75, 3.05) is 17.7 Å². The molecule has 0 aliphatic rings. The van der Waals surface area contributed by atoms with Gasteiger partial charge in [0, 0.05) is 30.1 Å². The second-order valence-electron chi connectivity index (χ2n) is 5.12. The standard InChI is InChI=1S/C15H16FN5O2/c1-8(7-22)19-15-13-12(4-5-18-14(13)20-21-15)23-11-3-2-9(17)6-10(11)16/h2-6,8,22H,7,17H2,1H3,(H2,18,19,20,21)/t8-/m1/s1. The summed E-state index contributed by atoms with van der Waals surface area (Å²) in [4.78, 5) is 4.16. The van der Waals surface area contributed by atoms with Crippen molar-refractivity contribution < 1.29 is 14.2 Å². The molecular weight excluding hydrogens is 301 g/mol. The Hall–Kier alpha value is -2.87. The Kier molecular flexibility index (Phi) is 3.98. The van der Waals surface area contributed by atoms with Gasteiger partial charge in [-0.3, -0.25) is 5.10 Å². The first kappa shape index (κ1) is 15.0. The fraction of sp³-hybridized carbons (Fsp3) is 0.200. The fourth-order valence-electron chi connectivity index (χ4n) is 2.11. The molecule has 1 aromatic carbocycles. The minimum absolute atomic E-state index is 0.0501. The molecule has 0 amide bonds. The number of pyridine rings is 1. The number of aromatic nitrogens is 3. The molecule has 3 aromatic rings. The number of rotatable bonds is 5. The van der Waals surface area contributed by atoms with Crippen molar-refractivity contribution >= 4 is 22.5 Å². The number of aromatic amines is 1. The highest BCUT2D eigenvalue weighted by Gasteiger charge is 2.16. The summed E-state index contributed by atoms with van der Waals surface area (Å²) < 4.78 is 19.6. The van der Waals surface area contributed by atoms with Crippen LogP contribution in [0.3, 0.4) is 0 Å². The molecule has 3 rings (SSSR count). The number of fused-ring (bicyclic) bond motifs is 1. The van der Waals surface area contributed by atoms with E-state index in [1.54, 1.807) is 19.1 Å². The monoisotopic (exact) mass is 317 g/mol. The van der Waals surface area contributed by atoms with Gasteiger partial charge < -0.3 is 20.9 Å². The molecule has 5 N–H and O–H groups in total. The lowest BCUT2D eigenvalue weighted by atomic mass is 10.2. The molecule has 0 spiro atoms. The van der Waals surface area contributed by atoms with Gasteiger partial charge in [-0.25, -0.2) is 9.37 Å². The van der Waals surface area contributed by atoms with Gasteiger partial charge in [-0.05, 0) is 19.1 Å². The summed E-state index contributed by atoms with van der Waals surface area (Å²) in [5.74, 6) is 0.353. The van der Waals surface area contributed by atoms with Crippen LogP contribution < -0.4 is 15.8 Å². The number of nitrogen functional groups attached to an aromatic ring is 1. The Bertz CT molecular complexity index is 836. The van der Waals surface area contributed by atoms with Crippen LogP contribution in [-0.2, 0) is 0 Å². The Balaban J connectivity index is 2.01. The number of aliphatic hydroxyl groups is 1. The van der Waals surface area contributed by atoms with E-state index in [4.69, 9.17) is 15.6 Å². The lowest BCUT2D eigenvalue weighted by Crippen LogP contribution is -2.19. The number of halogens is 1. The third kappa shape index (κ3) is 3.02. The largest absolute Gasteiger partial charge is 0.453 e. The minimum Gasteiger partial charge on any atom is -0.453 e. The highest BCUT2D eigenvalue weighted by molar-refractivity contribution is 5.93. The molecule has 0 radical (unpaired) electrons. The molecule has 8 heteroatoms. The number of H-pyrrole nitrogens is 1. The van der Waals surface area contributed by atoms with Gasteiger partial charge >= 0.3 is 0 Å². The number of benzene rings is 1. The van der Waals surface area contributed by atoms with Crippen LogP contribution in [0.15, 0.2) is 30.5 Å². The second kappa shape index (κ2) is 6.09. The predicted octanol–water partition coefficient (Wildman–Crippen LogP) is 2.26. The first-order chi connectivity index (χ1) is 11.1. The molecule has 0 saturated carbocycles. The molecule has 0 saturated heterocycles. The minimum atomic E-state index is -0.559.